The minimum absolute atomic E-state index is 0.168. The molecule has 6 nitrogen and oxygen atoms in total. The van der Waals surface area contributed by atoms with Crippen molar-refractivity contribution >= 4 is 38.5 Å². The largest absolute Gasteiger partial charge is 0.369 e. The third kappa shape index (κ3) is 3.02. The number of hydrogen-bond donors (Lipinski definition) is 2. The summed E-state index contributed by atoms with van der Waals surface area (Å²) in [6.07, 6.45) is 0. The van der Waals surface area contributed by atoms with Crippen LogP contribution in [0.3, 0.4) is 0 Å². The molecule has 2 heterocycles. The number of H-pyrrole nitrogens is 1. The first-order valence-electron chi connectivity index (χ1n) is 8.50. The van der Waals surface area contributed by atoms with E-state index in [0.29, 0.717) is 10.6 Å². The lowest BCUT2D eigenvalue weighted by atomic mass is 9.92. The molecule has 28 heavy (non-hydrogen) atoms. The summed E-state index contributed by atoms with van der Waals surface area (Å²) >= 11 is 6.03. The van der Waals surface area contributed by atoms with Gasteiger partial charge in [0.05, 0.1) is 5.75 Å². The zero-order valence-corrected chi connectivity index (χ0v) is 16.8. The minimum atomic E-state index is -3.70. The number of halogens is 2. The molecule has 0 fully saturated rings. The quantitative estimate of drug-likeness (QED) is 0.665. The summed E-state index contributed by atoms with van der Waals surface area (Å²) < 4.78 is 40.5. The maximum Gasteiger partial charge on any atom is 0.239 e. The molecule has 0 aliphatic carbocycles. The molecule has 1 aliphatic rings. The van der Waals surface area contributed by atoms with Crippen molar-refractivity contribution in [2.45, 2.75) is 12.5 Å². The first kappa shape index (κ1) is 18.8. The average Bonchev–Trinajstić information content (AvgIpc) is 3.02. The molecule has 0 saturated carbocycles. The fourth-order valence-corrected chi connectivity index (χ4v) is 5.07. The molecule has 3 aromatic rings. The van der Waals surface area contributed by atoms with Gasteiger partial charge in [0.15, 0.2) is 0 Å². The maximum absolute atomic E-state index is 14.7. The average molecular weight is 421 g/mol. The first-order chi connectivity index (χ1) is 13.1. The molecule has 0 unspecified atom stereocenters. The molecule has 1 aliphatic heterocycles. The standard InChI is InChI=1S/C19H18ClFN4O2S/c1-19(10-28(26,27)25(2)18(22)24-19)14-7-11(4-6-15(14)21)16-8-12-3-5-13(20)9-17(12)23-16/h3-9,23H,10H2,1-2H3,(H2,22,24)/t19-/m0/s1. The van der Waals surface area contributed by atoms with Gasteiger partial charge >= 0.3 is 0 Å². The number of guanidine groups is 1. The van der Waals surface area contributed by atoms with Gasteiger partial charge in [0, 0.05) is 34.2 Å². The second-order valence-corrected chi connectivity index (χ2v) is 9.51. The number of nitrogens with one attached hydrogen (secondary N) is 1. The lowest BCUT2D eigenvalue weighted by Gasteiger charge is -2.34. The van der Waals surface area contributed by atoms with E-state index in [1.165, 1.54) is 13.1 Å². The second kappa shape index (κ2) is 6.22. The molecule has 0 amide bonds. The van der Waals surface area contributed by atoms with E-state index in [9.17, 15) is 12.8 Å². The summed E-state index contributed by atoms with van der Waals surface area (Å²) in [4.78, 5) is 7.54. The van der Waals surface area contributed by atoms with Gasteiger partial charge in [0.25, 0.3) is 0 Å². The van der Waals surface area contributed by atoms with Crippen molar-refractivity contribution in [1.82, 2.24) is 9.29 Å². The van der Waals surface area contributed by atoms with E-state index in [2.05, 4.69) is 9.98 Å². The van der Waals surface area contributed by atoms with Crippen LogP contribution in [0.5, 0.6) is 0 Å². The van der Waals surface area contributed by atoms with E-state index in [1.807, 2.05) is 12.1 Å². The third-order valence-corrected chi connectivity index (χ3v) is 7.19. The van der Waals surface area contributed by atoms with Crippen molar-refractivity contribution in [3.05, 3.63) is 58.9 Å². The molecule has 0 radical (unpaired) electrons. The summed E-state index contributed by atoms with van der Waals surface area (Å²) in [6, 6.07) is 12.0. The van der Waals surface area contributed by atoms with Crippen LogP contribution in [0.4, 0.5) is 4.39 Å². The minimum Gasteiger partial charge on any atom is -0.369 e. The molecule has 9 heteroatoms. The monoisotopic (exact) mass is 420 g/mol. The van der Waals surface area contributed by atoms with Crippen LogP contribution in [0, 0.1) is 5.82 Å². The van der Waals surface area contributed by atoms with E-state index in [1.54, 1.807) is 31.2 Å². The van der Waals surface area contributed by atoms with Crippen molar-refractivity contribution in [2.75, 3.05) is 12.8 Å². The fourth-order valence-electron chi connectivity index (χ4n) is 3.45. The Labute approximate surface area is 166 Å². The molecular weight excluding hydrogens is 403 g/mol. The van der Waals surface area contributed by atoms with Crippen LogP contribution in [0.2, 0.25) is 5.02 Å². The fraction of sp³-hybridized carbons (Fsp3) is 0.211. The Bertz CT molecular complexity index is 1240. The van der Waals surface area contributed by atoms with Crippen molar-refractivity contribution in [3.63, 3.8) is 0 Å². The molecule has 0 saturated heterocycles. The molecule has 1 atom stereocenters. The van der Waals surface area contributed by atoms with Crippen LogP contribution in [0.15, 0.2) is 47.5 Å². The Balaban J connectivity index is 1.85. The summed E-state index contributed by atoms with van der Waals surface area (Å²) in [6.45, 7) is 1.57. The zero-order valence-electron chi connectivity index (χ0n) is 15.2. The van der Waals surface area contributed by atoms with Crippen LogP contribution in [-0.2, 0) is 15.6 Å². The smallest absolute Gasteiger partial charge is 0.239 e. The highest BCUT2D eigenvalue weighted by atomic mass is 35.5. The van der Waals surface area contributed by atoms with Gasteiger partial charge in [-0.1, -0.05) is 17.7 Å². The molecule has 3 N–H and O–H groups in total. The Kier molecular flexibility index (Phi) is 4.17. The topological polar surface area (TPSA) is 91.5 Å². The van der Waals surface area contributed by atoms with Crippen LogP contribution in [0.1, 0.15) is 12.5 Å². The summed E-state index contributed by atoms with van der Waals surface area (Å²) in [5.74, 6) is -1.08. The van der Waals surface area contributed by atoms with Crippen LogP contribution in [0.25, 0.3) is 22.2 Å². The van der Waals surface area contributed by atoms with Crippen LogP contribution >= 0.6 is 11.6 Å². The van der Waals surface area contributed by atoms with E-state index in [4.69, 9.17) is 17.3 Å². The van der Waals surface area contributed by atoms with Gasteiger partial charge in [-0.05, 0) is 48.9 Å². The highest BCUT2D eigenvalue weighted by Gasteiger charge is 2.41. The Morgan fingerprint density at radius 1 is 1.25 bits per heavy atom. The number of fused-ring (bicyclic) bond motifs is 1. The summed E-state index contributed by atoms with van der Waals surface area (Å²) in [5.41, 5.74) is 6.94. The van der Waals surface area contributed by atoms with Gasteiger partial charge in [0.1, 0.15) is 11.4 Å². The Morgan fingerprint density at radius 3 is 2.71 bits per heavy atom. The Hall–Kier alpha value is -2.58. The summed E-state index contributed by atoms with van der Waals surface area (Å²) in [7, 11) is -2.37. The first-order valence-corrected chi connectivity index (χ1v) is 10.5. The number of nitrogens with two attached hydrogens (primary N) is 1. The molecule has 1 aromatic heterocycles. The molecule has 0 spiro atoms. The Morgan fingerprint density at radius 2 is 2.00 bits per heavy atom. The van der Waals surface area contributed by atoms with Crippen molar-refractivity contribution < 1.29 is 12.8 Å². The zero-order chi connectivity index (χ0) is 20.3. The number of aromatic nitrogens is 1. The maximum atomic E-state index is 14.7. The molecular formula is C19H18ClFN4O2S. The lowest BCUT2D eigenvalue weighted by Crippen LogP contribution is -2.50. The normalized spacial score (nSPS) is 21.7. The summed E-state index contributed by atoms with van der Waals surface area (Å²) in [5, 5.41) is 1.56. The van der Waals surface area contributed by atoms with Gasteiger partial charge < -0.3 is 10.7 Å². The number of aliphatic imine (C=N–C) groups is 1. The number of hydrogen-bond acceptors (Lipinski definition) is 4. The highest BCUT2D eigenvalue weighted by Crippen LogP contribution is 2.36. The predicted octanol–water partition coefficient (Wildman–Crippen LogP) is 3.43. The van der Waals surface area contributed by atoms with Gasteiger partial charge in [-0.3, -0.25) is 0 Å². The molecule has 2 aromatic carbocycles. The lowest BCUT2D eigenvalue weighted by molar-refractivity contribution is 0.458. The van der Waals surface area contributed by atoms with Gasteiger partial charge in [0.2, 0.25) is 16.0 Å². The number of rotatable bonds is 2. The number of sulfonamides is 1. The molecule has 4 rings (SSSR count). The second-order valence-electron chi connectivity index (χ2n) is 7.08. The number of benzene rings is 2. The predicted molar refractivity (Wildman–Crippen MR) is 109 cm³/mol. The van der Waals surface area contributed by atoms with E-state index >= 15 is 0 Å². The number of aromatic amines is 1. The molecule has 146 valence electrons. The SMILES string of the molecule is CN1C(N)=N[C@](C)(c2cc(-c3cc4ccc(Cl)cc4[nH]3)ccc2F)CS1(=O)=O. The molecule has 0 bridgehead atoms. The van der Waals surface area contributed by atoms with Crippen molar-refractivity contribution in [1.29, 1.82) is 0 Å². The van der Waals surface area contributed by atoms with Crippen molar-refractivity contribution in [2.24, 2.45) is 10.7 Å². The van der Waals surface area contributed by atoms with Gasteiger partial charge in [-0.2, -0.15) is 0 Å². The van der Waals surface area contributed by atoms with Gasteiger partial charge in [-0.15, -0.1) is 0 Å². The van der Waals surface area contributed by atoms with Crippen LogP contribution < -0.4 is 5.73 Å². The van der Waals surface area contributed by atoms with Gasteiger partial charge in [-0.25, -0.2) is 22.1 Å². The highest BCUT2D eigenvalue weighted by molar-refractivity contribution is 7.89. The van der Waals surface area contributed by atoms with Crippen molar-refractivity contribution in [3.8, 4) is 11.3 Å². The van der Waals surface area contributed by atoms with E-state index in [0.717, 1.165) is 20.9 Å². The third-order valence-electron chi connectivity index (χ3n) is 5.01. The van der Waals surface area contributed by atoms with Crippen LogP contribution in [-0.4, -0.2) is 36.5 Å². The number of nitrogens with zero attached hydrogens (tertiary/aromatic N) is 2. The van der Waals surface area contributed by atoms with E-state index < -0.39 is 21.4 Å². The van der Waals surface area contributed by atoms with E-state index in [-0.39, 0.29) is 17.3 Å².